The Hall–Kier alpha value is -2.30. The number of nitrogens with zero attached hydrogens (tertiary/aromatic N) is 1. The van der Waals surface area contributed by atoms with E-state index >= 15 is 0 Å². The number of rotatable bonds is 6. The number of carbonyl (C=O) groups is 2. The predicted molar refractivity (Wildman–Crippen MR) is 91.9 cm³/mol. The Bertz CT molecular complexity index is 844. The number of carbonyl (C=O) groups excluding carboxylic acids is 2. The number of sulfone groups is 1. The third kappa shape index (κ3) is 5.11. The molecule has 1 aromatic heterocycles. The highest BCUT2D eigenvalue weighted by molar-refractivity contribution is 7.92. The van der Waals surface area contributed by atoms with Crippen LogP contribution in [0.4, 0.5) is 5.13 Å². The second-order valence-electron chi connectivity index (χ2n) is 5.05. The number of thiazole rings is 1. The molecule has 0 aliphatic rings. The molecule has 2 aromatic rings. The first-order valence-electron chi connectivity index (χ1n) is 6.81. The van der Waals surface area contributed by atoms with Crippen LogP contribution in [0.25, 0.3) is 11.3 Å². The van der Waals surface area contributed by atoms with Crippen LogP contribution >= 0.6 is 11.3 Å². The first kappa shape index (κ1) is 18.0. The predicted octanol–water partition coefficient (Wildman–Crippen LogP) is 0.462. The lowest BCUT2D eigenvalue weighted by atomic mass is 10.1. The second kappa shape index (κ2) is 7.51. The largest absolute Gasteiger partial charge is 0.301 e. The van der Waals surface area contributed by atoms with Crippen LogP contribution in [-0.2, 0) is 19.4 Å². The molecule has 128 valence electrons. The van der Waals surface area contributed by atoms with Crippen LogP contribution < -0.4 is 16.6 Å². The minimum atomic E-state index is -3.89. The molecule has 0 bridgehead atoms. The lowest BCUT2D eigenvalue weighted by Crippen LogP contribution is -2.37. The van der Waals surface area contributed by atoms with Gasteiger partial charge in [0.25, 0.3) is 0 Å². The molecule has 2 rings (SSSR count). The van der Waals surface area contributed by atoms with E-state index in [1.807, 2.05) is 31.2 Å². The fraction of sp³-hybridized carbons (Fsp3) is 0.214. The van der Waals surface area contributed by atoms with Crippen LogP contribution in [0.2, 0.25) is 0 Å². The standard InChI is InChI=1S/C14H16N4O4S2/c1-9-2-4-10(5-3-9)11-6-23-14(16-11)17-12(19)7-24(21,22)8-13(20)18-15/h2-6H,7-8,15H2,1H3,(H,18,20)(H,16,17,19). The average molecular weight is 368 g/mol. The summed E-state index contributed by atoms with van der Waals surface area (Å²) in [6.07, 6.45) is 0. The van der Waals surface area contributed by atoms with Crippen LogP contribution in [0.15, 0.2) is 29.6 Å². The highest BCUT2D eigenvalue weighted by Gasteiger charge is 2.21. The van der Waals surface area contributed by atoms with E-state index in [4.69, 9.17) is 5.84 Å². The van der Waals surface area contributed by atoms with Crippen molar-refractivity contribution in [3.8, 4) is 11.3 Å². The van der Waals surface area contributed by atoms with Gasteiger partial charge in [-0.15, -0.1) is 11.3 Å². The summed E-state index contributed by atoms with van der Waals surface area (Å²) in [5.74, 6) is 1.53. The van der Waals surface area contributed by atoms with Gasteiger partial charge in [0.2, 0.25) is 11.8 Å². The van der Waals surface area contributed by atoms with E-state index < -0.39 is 33.2 Å². The average Bonchev–Trinajstić information content (AvgIpc) is 2.94. The van der Waals surface area contributed by atoms with Gasteiger partial charge in [-0.2, -0.15) is 0 Å². The van der Waals surface area contributed by atoms with Crippen molar-refractivity contribution in [2.45, 2.75) is 6.92 Å². The van der Waals surface area contributed by atoms with E-state index in [0.29, 0.717) is 5.69 Å². The second-order valence-corrected chi connectivity index (χ2v) is 7.97. The van der Waals surface area contributed by atoms with Crippen molar-refractivity contribution in [2.75, 3.05) is 16.8 Å². The number of nitrogens with one attached hydrogen (secondary N) is 2. The maximum atomic E-state index is 11.8. The number of amides is 2. The summed E-state index contributed by atoms with van der Waals surface area (Å²) in [4.78, 5) is 27.0. The molecule has 1 heterocycles. The molecule has 10 heteroatoms. The SMILES string of the molecule is Cc1ccc(-c2csc(NC(=O)CS(=O)(=O)CC(=O)NN)n2)cc1. The molecule has 0 saturated heterocycles. The number of hydrogen-bond donors (Lipinski definition) is 3. The van der Waals surface area contributed by atoms with Crippen molar-refractivity contribution < 1.29 is 18.0 Å². The number of aryl methyl sites for hydroxylation is 1. The Labute approximate surface area is 143 Å². The molecule has 8 nitrogen and oxygen atoms in total. The molecule has 0 saturated carbocycles. The van der Waals surface area contributed by atoms with Gasteiger partial charge in [0.15, 0.2) is 15.0 Å². The van der Waals surface area contributed by atoms with Gasteiger partial charge in [0.05, 0.1) is 5.69 Å². The molecule has 0 unspecified atom stereocenters. The van der Waals surface area contributed by atoms with Crippen molar-refractivity contribution >= 4 is 38.1 Å². The third-order valence-electron chi connectivity index (χ3n) is 2.96. The fourth-order valence-electron chi connectivity index (χ4n) is 1.84. The molecule has 0 aliphatic heterocycles. The lowest BCUT2D eigenvalue weighted by Gasteiger charge is -2.03. The summed E-state index contributed by atoms with van der Waals surface area (Å²) in [6, 6.07) is 7.71. The first-order valence-corrected chi connectivity index (χ1v) is 9.51. The van der Waals surface area contributed by atoms with Crippen LogP contribution in [0.5, 0.6) is 0 Å². The van der Waals surface area contributed by atoms with E-state index in [2.05, 4.69) is 10.3 Å². The maximum Gasteiger partial charge on any atom is 0.249 e. The fourth-order valence-corrected chi connectivity index (χ4v) is 3.63. The molecule has 0 aliphatic carbocycles. The summed E-state index contributed by atoms with van der Waals surface area (Å²) < 4.78 is 23.3. The van der Waals surface area contributed by atoms with Gasteiger partial charge in [-0.05, 0) is 6.92 Å². The van der Waals surface area contributed by atoms with E-state index in [9.17, 15) is 18.0 Å². The molecule has 0 fully saturated rings. The molecule has 4 N–H and O–H groups in total. The number of anilines is 1. The molecular weight excluding hydrogens is 352 g/mol. The van der Waals surface area contributed by atoms with Crippen LogP contribution in [0.3, 0.4) is 0 Å². The smallest absolute Gasteiger partial charge is 0.249 e. The molecule has 2 amide bonds. The van der Waals surface area contributed by atoms with Gasteiger partial charge in [0.1, 0.15) is 11.5 Å². The van der Waals surface area contributed by atoms with E-state index in [0.717, 1.165) is 11.1 Å². The van der Waals surface area contributed by atoms with Gasteiger partial charge in [-0.3, -0.25) is 15.0 Å². The number of nitrogens with two attached hydrogens (primary N) is 1. The van der Waals surface area contributed by atoms with Gasteiger partial charge in [-0.25, -0.2) is 19.2 Å². The quantitative estimate of drug-likeness (QED) is 0.386. The summed E-state index contributed by atoms with van der Waals surface area (Å²) >= 11 is 1.18. The summed E-state index contributed by atoms with van der Waals surface area (Å²) in [5.41, 5.74) is 4.40. The van der Waals surface area contributed by atoms with Crippen molar-refractivity contribution in [3.63, 3.8) is 0 Å². The van der Waals surface area contributed by atoms with Crippen molar-refractivity contribution in [1.82, 2.24) is 10.4 Å². The molecular formula is C14H16N4O4S2. The van der Waals surface area contributed by atoms with Crippen molar-refractivity contribution in [1.29, 1.82) is 0 Å². The number of aromatic nitrogens is 1. The first-order chi connectivity index (χ1) is 11.3. The topological polar surface area (TPSA) is 131 Å². The van der Waals surface area contributed by atoms with Gasteiger partial charge >= 0.3 is 0 Å². The van der Waals surface area contributed by atoms with Gasteiger partial charge < -0.3 is 5.32 Å². The molecule has 0 spiro atoms. The van der Waals surface area contributed by atoms with E-state index in [-0.39, 0.29) is 5.13 Å². The number of hydrogen-bond acceptors (Lipinski definition) is 7. The lowest BCUT2D eigenvalue weighted by molar-refractivity contribution is -0.118. The van der Waals surface area contributed by atoms with Gasteiger partial charge in [-0.1, -0.05) is 29.8 Å². The van der Waals surface area contributed by atoms with E-state index in [1.54, 1.807) is 10.8 Å². The third-order valence-corrected chi connectivity index (χ3v) is 5.12. The summed E-state index contributed by atoms with van der Waals surface area (Å²) in [7, 11) is -3.89. The highest BCUT2D eigenvalue weighted by atomic mass is 32.2. The monoisotopic (exact) mass is 368 g/mol. The summed E-state index contributed by atoms with van der Waals surface area (Å²) in [5, 5.41) is 4.46. The number of benzene rings is 1. The molecule has 0 radical (unpaired) electrons. The Morgan fingerprint density at radius 2 is 1.79 bits per heavy atom. The van der Waals surface area contributed by atoms with Crippen molar-refractivity contribution in [3.05, 3.63) is 35.2 Å². The Kier molecular flexibility index (Phi) is 5.65. The molecule has 24 heavy (non-hydrogen) atoms. The zero-order valence-electron chi connectivity index (χ0n) is 12.8. The minimum Gasteiger partial charge on any atom is -0.301 e. The maximum absolute atomic E-state index is 11.8. The van der Waals surface area contributed by atoms with Crippen LogP contribution in [0.1, 0.15) is 5.56 Å². The van der Waals surface area contributed by atoms with Crippen molar-refractivity contribution in [2.24, 2.45) is 5.84 Å². The van der Waals surface area contributed by atoms with E-state index in [1.165, 1.54) is 11.3 Å². The number of hydrazine groups is 1. The minimum absolute atomic E-state index is 0.286. The van der Waals surface area contributed by atoms with Crippen LogP contribution in [0, 0.1) is 6.92 Å². The Morgan fingerprint density at radius 1 is 1.17 bits per heavy atom. The zero-order valence-corrected chi connectivity index (χ0v) is 14.4. The summed E-state index contributed by atoms with van der Waals surface area (Å²) in [6.45, 7) is 1.97. The Morgan fingerprint density at radius 3 is 2.42 bits per heavy atom. The molecule has 0 atom stereocenters. The normalized spacial score (nSPS) is 11.1. The Balaban J connectivity index is 2.00. The molecule has 1 aromatic carbocycles. The van der Waals surface area contributed by atoms with Crippen LogP contribution in [-0.4, -0.2) is 36.7 Å². The van der Waals surface area contributed by atoms with Gasteiger partial charge in [0, 0.05) is 10.9 Å². The zero-order chi connectivity index (χ0) is 17.7. The highest BCUT2D eigenvalue weighted by Crippen LogP contribution is 2.25.